The molecule has 2 amide bonds. The predicted octanol–water partition coefficient (Wildman–Crippen LogP) is 2.74. The number of amides is 2. The van der Waals surface area contributed by atoms with Gasteiger partial charge in [-0.1, -0.05) is 30.3 Å². The third-order valence-electron chi connectivity index (χ3n) is 5.04. The third-order valence-corrected chi connectivity index (χ3v) is 5.04. The maximum Gasteiger partial charge on any atom is 0.410 e. The Morgan fingerprint density at radius 1 is 1.00 bits per heavy atom. The SMILES string of the molecule is Cc1cc(C(=O)N2CCN(C(=O)OCc3ccccc3)CC2)c(C)n1C. The summed E-state index contributed by atoms with van der Waals surface area (Å²) in [5.41, 5.74) is 3.74. The van der Waals surface area contributed by atoms with Crippen molar-refractivity contribution >= 4 is 12.0 Å². The Kier molecular flexibility index (Phi) is 5.30. The Morgan fingerprint density at radius 3 is 2.19 bits per heavy atom. The van der Waals surface area contributed by atoms with Crippen LogP contribution >= 0.6 is 0 Å². The average Bonchev–Trinajstić information content (AvgIpc) is 2.94. The molecule has 2 aromatic rings. The van der Waals surface area contributed by atoms with Gasteiger partial charge in [-0.15, -0.1) is 0 Å². The molecule has 1 aromatic heterocycles. The minimum absolute atomic E-state index is 0.0310. The summed E-state index contributed by atoms with van der Waals surface area (Å²) in [4.78, 5) is 28.4. The molecule has 0 N–H and O–H groups in total. The van der Waals surface area contributed by atoms with Crippen molar-refractivity contribution in [3.05, 3.63) is 58.9 Å². The molecule has 3 rings (SSSR count). The van der Waals surface area contributed by atoms with Gasteiger partial charge in [-0.05, 0) is 25.5 Å². The molecule has 6 nitrogen and oxygen atoms in total. The lowest BCUT2D eigenvalue weighted by Crippen LogP contribution is -2.50. The van der Waals surface area contributed by atoms with Crippen LogP contribution in [-0.4, -0.2) is 52.5 Å². The summed E-state index contributed by atoms with van der Waals surface area (Å²) in [5, 5.41) is 0. The summed E-state index contributed by atoms with van der Waals surface area (Å²) in [6.45, 7) is 6.23. The fourth-order valence-electron chi connectivity index (χ4n) is 3.14. The van der Waals surface area contributed by atoms with Crippen molar-refractivity contribution in [1.82, 2.24) is 14.4 Å². The van der Waals surface area contributed by atoms with E-state index >= 15 is 0 Å². The Labute approximate surface area is 154 Å². The van der Waals surface area contributed by atoms with Crippen LogP contribution in [-0.2, 0) is 18.4 Å². The van der Waals surface area contributed by atoms with E-state index in [1.165, 1.54) is 0 Å². The van der Waals surface area contributed by atoms with Gasteiger partial charge in [-0.25, -0.2) is 4.79 Å². The molecule has 138 valence electrons. The second-order valence-corrected chi connectivity index (χ2v) is 6.66. The number of benzene rings is 1. The maximum absolute atomic E-state index is 12.8. The molecule has 1 aliphatic rings. The highest BCUT2D eigenvalue weighted by atomic mass is 16.6. The molecule has 0 atom stereocenters. The van der Waals surface area contributed by atoms with Crippen molar-refractivity contribution in [3.63, 3.8) is 0 Å². The van der Waals surface area contributed by atoms with Crippen LogP contribution in [0.25, 0.3) is 0 Å². The van der Waals surface area contributed by atoms with Gasteiger partial charge in [0.15, 0.2) is 0 Å². The second kappa shape index (κ2) is 7.64. The number of ether oxygens (including phenoxy) is 1. The van der Waals surface area contributed by atoms with E-state index in [4.69, 9.17) is 4.74 Å². The first-order valence-electron chi connectivity index (χ1n) is 8.85. The Hall–Kier alpha value is -2.76. The Balaban J connectivity index is 1.52. The normalized spacial score (nSPS) is 14.4. The van der Waals surface area contributed by atoms with Gasteiger partial charge in [0.25, 0.3) is 5.91 Å². The molecule has 0 aliphatic carbocycles. The molecule has 1 aliphatic heterocycles. The van der Waals surface area contributed by atoms with Gasteiger partial charge >= 0.3 is 6.09 Å². The minimum atomic E-state index is -0.326. The van der Waals surface area contributed by atoms with Gasteiger partial charge < -0.3 is 19.1 Å². The first kappa shape index (κ1) is 18.0. The molecule has 1 fully saturated rings. The third kappa shape index (κ3) is 3.74. The first-order chi connectivity index (χ1) is 12.5. The van der Waals surface area contributed by atoms with Crippen molar-refractivity contribution in [2.45, 2.75) is 20.5 Å². The topological polar surface area (TPSA) is 54.8 Å². The van der Waals surface area contributed by atoms with Crippen molar-refractivity contribution < 1.29 is 14.3 Å². The molecule has 2 heterocycles. The lowest BCUT2D eigenvalue weighted by Gasteiger charge is -2.34. The standard InChI is InChI=1S/C20H25N3O3/c1-15-13-18(16(2)21(15)3)19(24)22-9-11-23(12-10-22)20(25)26-14-17-7-5-4-6-8-17/h4-8,13H,9-12,14H2,1-3H3. The lowest BCUT2D eigenvalue weighted by molar-refractivity contribution is 0.0543. The fourth-order valence-corrected chi connectivity index (χ4v) is 3.14. The van der Waals surface area contributed by atoms with Crippen LogP contribution in [0.1, 0.15) is 27.3 Å². The summed E-state index contributed by atoms with van der Waals surface area (Å²) in [5.74, 6) is 0.0310. The van der Waals surface area contributed by atoms with Gasteiger partial charge in [0.2, 0.25) is 0 Å². The maximum atomic E-state index is 12.8. The van der Waals surface area contributed by atoms with Crippen molar-refractivity contribution in [3.8, 4) is 0 Å². The number of aryl methyl sites for hydroxylation is 1. The molecule has 0 spiro atoms. The molecule has 1 aromatic carbocycles. The summed E-state index contributed by atoms with van der Waals surface area (Å²) in [6.07, 6.45) is -0.326. The van der Waals surface area contributed by atoms with Gasteiger partial charge in [-0.3, -0.25) is 4.79 Å². The van der Waals surface area contributed by atoms with Crippen molar-refractivity contribution in [2.24, 2.45) is 7.05 Å². The van der Waals surface area contributed by atoms with E-state index in [9.17, 15) is 9.59 Å². The number of piperazine rings is 1. The number of nitrogens with zero attached hydrogens (tertiary/aromatic N) is 3. The van der Waals surface area contributed by atoms with Crippen LogP contribution in [0.2, 0.25) is 0 Å². The van der Waals surface area contributed by atoms with Crippen molar-refractivity contribution in [2.75, 3.05) is 26.2 Å². The molecule has 26 heavy (non-hydrogen) atoms. The van der Waals surface area contributed by atoms with E-state index in [0.29, 0.717) is 26.2 Å². The lowest BCUT2D eigenvalue weighted by atomic mass is 10.2. The monoisotopic (exact) mass is 355 g/mol. The Morgan fingerprint density at radius 2 is 1.62 bits per heavy atom. The van der Waals surface area contributed by atoms with E-state index in [-0.39, 0.29) is 18.6 Å². The van der Waals surface area contributed by atoms with Crippen LogP contribution in [0.3, 0.4) is 0 Å². The van der Waals surface area contributed by atoms with E-state index in [1.54, 1.807) is 4.90 Å². The van der Waals surface area contributed by atoms with Crippen LogP contribution in [0, 0.1) is 13.8 Å². The quantitative estimate of drug-likeness (QED) is 0.851. The number of carbonyl (C=O) groups is 2. The summed E-state index contributed by atoms with van der Waals surface area (Å²) < 4.78 is 7.38. The zero-order valence-electron chi connectivity index (χ0n) is 15.6. The van der Waals surface area contributed by atoms with Gasteiger partial charge in [0.1, 0.15) is 6.61 Å². The highest BCUT2D eigenvalue weighted by Gasteiger charge is 2.27. The van der Waals surface area contributed by atoms with E-state index in [1.807, 2.05) is 66.8 Å². The van der Waals surface area contributed by atoms with Gasteiger partial charge in [0, 0.05) is 44.6 Å². The van der Waals surface area contributed by atoms with E-state index < -0.39 is 0 Å². The zero-order valence-corrected chi connectivity index (χ0v) is 15.6. The summed E-state index contributed by atoms with van der Waals surface area (Å²) in [7, 11) is 1.96. The fraction of sp³-hybridized carbons (Fsp3) is 0.400. The van der Waals surface area contributed by atoms with E-state index in [0.717, 1.165) is 22.5 Å². The zero-order chi connectivity index (χ0) is 18.7. The van der Waals surface area contributed by atoms with Gasteiger partial charge in [-0.2, -0.15) is 0 Å². The molecule has 0 saturated carbocycles. The van der Waals surface area contributed by atoms with Crippen LogP contribution in [0.4, 0.5) is 4.79 Å². The highest BCUT2D eigenvalue weighted by molar-refractivity contribution is 5.95. The Bertz CT molecular complexity index is 790. The van der Waals surface area contributed by atoms with Crippen LogP contribution in [0.5, 0.6) is 0 Å². The molecule has 1 saturated heterocycles. The van der Waals surface area contributed by atoms with E-state index in [2.05, 4.69) is 0 Å². The average molecular weight is 355 g/mol. The number of hydrogen-bond acceptors (Lipinski definition) is 3. The minimum Gasteiger partial charge on any atom is -0.445 e. The molecule has 0 radical (unpaired) electrons. The molecule has 0 bridgehead atoms. The number of hydrogen-bond donors (Lipinski definition) is 0. The van der Waals surface area contributed by atoms with Crippen LogP contribution in [0.15, 0.2) is 36.4 Å². The second-order valence-electron chi connectivity index (χ2n) is 6.66. The molecular formula is C20H25N3O3. The summed E-state index contributed by atoms with van der Waals surface area (Å²) in [6, 6.07) is 11.5. The van der Waals surface area contributed by atoms with Crippen LogP contribution < -0.4 is 0 Å². The molecule has 0 unspecified atom stereocenters. The number of carbonyl (C=O) groups excluding carboxylic acids is 2. The van der Waals surface area contributed by atoms with Crippen molar-refractivity contribution in [1.29, 1.82) is 0 Å². The number of aromatic nitrogens is 1. The molecular weight excluding hydrogens is 330 g/mol. The smallest absolute Gasteiger partial charge is 0.410 e. The largest absolute Gasteiger partial charge is 0.445 e. The predicted molar refractivity (Wildman–Crippen MR) is 99.0 cm³/mol. The first-order valence-corrected chi connectivity index (χ1v) is 8.85. The molecule has 6 heteroatoms. The summed E-state index contributed by atoms with van der Waals surface area (Å²) >= 11 is 0. The highest BCUT2D eigenvalue weighted by Crippen LogP contribution is 2.17. The van der Waals surface area contributed by atoms with Gasteiger partial charge in [0.05, 0.1) is 5.56 Å². The number of rotatable bonds is 3.